The molecule has 0 saturated heterocycles. The number of hydrogen-bond donors (Lipinski definition) is 2. The Labute approximate surface area is 170 Å². The van der Waals surface area contributed by atoms with Crippen molar-refractivity contribution in [3.63, 3.8) is 0 Å². The second kappa shape index (κ2) is 6.71. The summed E-state index contributed by atoms with van der Waals surface area (Å²) in [5, 5.41) is 7.48. The van der Waals surface area contributed by atoms with Crippen LogP contribution in [0.2, 0.25) is 0 Å². The Morgan fingerprint density at radius 1 is 0.897 bits per heavy atom. The van der Waals surface area contributed by atoms with Gasteiger partial charge in [0.25, 0.3) is 0 Å². The first-order valence-corrected chi connectivity index (χ1v) is 9.71. The Bertz CT molecular complexity index is 1180. The van der Waals surface area contributed by atoms with Crippen molar-refractivity contribution >= 4 is 22.9 Å². The van der Waals surface area contributed by atoms with Gasteiger partial charge in [-0.05, 0) is 42.8 Å². The summed E-state index contributed by atoms with van der Waals surface area (Å²) < 4.78 is 0. The van der Waals surface area contributed by atoms with E-state index >= 15 is 0 Å². The van der Waals surface area contributed by atoms with Crippen molar-refractivity contribution in [2.24, 2.45) is 0 Å². The van der Waals surface area contributed by atoms with Gasteiger partial charge >= 0.3 is 0 Å². The van der Waals surface area contributed by atoms with E-state index in [1.807, 2.05) is 12.1 Å². The van der Waals surface area contributed by atoms with Crippen molar-refractivity contribution in [1.29, 1.82) is 0 Å². The van der Waals surface area contributed by atoms with Crippen LogP contribution in [0.4, 0.5) is 22.9 Å². The maximum atomic E-state index is 6.30. The molecule has 0 aliphatic carbocycles. The lowest BCUT2D eigenvalue weighted by atomic mass is 9.99. The van der Waals surface area contributed by atoms with Gasteiger partial charge in [0, 0.05) is 18.3 Å². The molecule has 0 amide bonds. The first-order valence-electron chi connectivity index (χ1n) is 9.71. The number of rotatable bonds is 3. The lowest BCUT2D eigenvalue weighted by Crippen LogP contribution is -2.23. The number of anilines is 4. The molecule has 5 nitrogen and oxygen atoms in total. The first-order chi connectivity index (χ1) is 14.1. The third-order valence-electron chi connectivity index (χ3n) is 5.47. The lowest BCUT2D eigenvalue weighted by Gasteiger charge is -2.19. The van der Waals surface area contributed by atoms with E-state index in [1.54, 1.807) is 0 Å². The lowest BCUT2D eigenvalue weighted by molar-refractivity contribution is 0.950. The van der Waals surface area contributed by atoms with Crippen LogP contribution in [0.5, 0.6) is 0 Å². The summed E-state index contributed by atoms with van der Waals surface area (Å²) in [6, 6.07) is 25.3. The van der Waals surface area contributed by atoms with Crippen LogP contribution in [0.15, 0.2) is 72.8 Å². The van der Waals surface area contributed by atoms with E-state index in [9.17, 15) is 0 Å². The summed E-state index contributed by atoms with van der Waals surface area (Å²) in [6.45, 7) is 2.90. The summed E-state index contributed by atoms with van der Waals surface area (Å²) >= 11 is 0. The average molecular weight is 381 g/mol. The molecule has 5 rings (SSSR count). The molecule has 3 aromatic carbocycles. The number of fused-ring (bicyclic) bond motifs is 1. The van der Waals surface area contributed by atoms with E-state index in [4.69, 9.17) is 5.73 Å². The van der Waals surface area contributed by atoms with E-state index in [0.29, 0.717) is 5.82 Å². The van der Waals surface area contributed by atoms with Gasteiger partial charge in [-0.15, -0.1) is 0 Å². The zero-order valence-corrected chi connectivity index (χ0v) is 16.6. The normalized spacial score (nSPS) is 13.0. The third kappa shape index (κ3) is 2.91. The molecular formula is C24H23N5. The number of aromatic nitrogens is 2. The molecule has 0 bridgehead atoms. The van der Waals surface area contributed by atoms with E-state index in [1.165, 1.54) is 22.6 Å². The number of para-hydroxylation sites is 1. The Morgan fingerprint density at radius 2 is 1.72 bits per heavy atom. The van der Waals surface area contributed by atoms with Crippen molar-refractivity contribution in [1.82, 2.24) is 10.2 Å². The minimum absolute atomic E-state index is 0.585. The summed E-state index contributed by atoms with van der Waals surface area (Å²) in [5.41, 5.74) is 15.0. The topological polar surface area (TPSA) is 61.2 Å². The average Bonchev–Trinajstić information content (AvgIpc) is 3.28. The molecule has 2 heterocycles. The second-order valence-corrected chi connectivity index (χ2v) is 7.54. The Balaban J connectivity index is 1.60. The molecule has 144 valence electrons. The number of nitrogen functional groups attached to an aromatic ring is 1. The molecule has 5 heteroatoms. The first kappa shape index (κ1) is 17.4. The van der Waals surface area contributed by atoms with Crippen molar-refractivity contribution in [3.8, 4) is 22.4 Å². The fraction of sp³-hybridized carbons (Fsp3) is 0.125. The van der Waals surface area contributed by atoms with Crippen molar-refractivity contribution < 1.29 is 0 Å². The quantitative estimate of drug-likeness (QED) is 0.513. The summed E-state index contributed by atoms with van der Waals surface area (Å²) in [7, 11) is 2.12. The minimum atomic E-state index is 0.585. The molecule has 0 fully saturated rings. The van der Waals surface area contributed by atoms with Gasteiger partial charge in [-0.25, -0.2) is 0 Å². The predicted octanol–water partition coefficient (Wildman–Crippen LogP) is 5.18. The van der Waals surface area contributed by atoms with Crippen molar-refractivity contribution in [2.45, 2.75) is 6.92 Å². The van der Waals surface area contributed by atoms with Crippen LogP contribution < -0.4 is 15.5 Å². The maximum absolute atomic E-state index is 6.30. The molecule has 0 atom stereocenters. The van der Waals surface area contributed by atoms with Crippen molar-refractivity contribution in [3.05, 3.63) is 78.4 Å². The Kier molecular flexibility index (Phi) is 4.02. The fourth-order valence-electron chi connectivity index (χ4n) is 4.06. The zero-order chi connectivity index (χ0) is 20.0. The Morgan fingerprint density at radius 3 is 2.52 bits per heavy atom. The van der Waals surface area contributed by atoms with Gasteiger partial charge in [0.05, 0.1) is 23.6 Å². The van der Waals surface area contributed by atoms with Gasteiger partial charge < -0.3 is 15.5 Å². The summed E-state index contributed by atoms with van der Waals surface area (Å²) in [6.07, 6.45) is 0. The van der Waals surface area contributed by atoms with Crippen LogP contribution >= 0.6 is 0 Å². The molecule has 29 heavy (non-hydrogen) atoms. The van der Waals surface area contributed by atoms with Gasteiger partial charge in [0.2, 0.25) is 0 Å². The van der Waals surface area contributed by atoms with Crippen LogP contribution in [0.3, 0.4) is 0 Å². The monoisotopic (exact) mass is 381 g/mol. The minimum Gasteiger partial charge on any atom is -0.384 e. The number of nitrogens with zero attached hydrogens (tertiary/aromatic N) is 3. The summed E-state index contributed by atoms with van der Waals surface area (Å²) in [5.74, 6) is 0.585. The molecule has 1 aliphatic rings. The number of hydrogen-bond acceptors (Lipinski definition) is 4. The maximum Gasteiger partial charge on any atom is 0.127 e. The number of aromatic amines is 1. The molecule has 0 unspecified atom stereocenters. The number of aryl methyl sites for hydroxylation is 1. The largest absolute Gasteiger partial charge is 0.384 e. The van der Waals surface area contributed by atoms with E-state index in [0.717, 1.165) is 29.1 Å². The van der Waals surface area contributed by atoms with Crippen LogP contribution in [0.1, 0.15) is 5.56 Å². The molecule has 0 radical (unpaired) electrons. The van der Waals surface area contributed by atoms with Crippen molar-refractivity contribution in [2.75, 3.05) is 29.2 Å². The molecule has 1 aliphatic heterocycles. The van der Waals surface area contributed by atoms with Gasteiger partial charge in [0.15, 0.2) is 0 Å². The SMILES string of the molecule is Cc1cccc(-c2n[nH]c(N)c2-c2ccc3c(c2)N(C)CN3c2ccccc2)c1. The highest BCUT2D eigenvalue weighted by atomic mass is 15.4. The third-order valence-corrected chi connectivity index (χ3v) is 5.47. The molecular weight excluding hydrogens is 358 g/mol. The van der Waals surface area contributed by atoms with Crippen LogP contribution in [-0.4, -0.2) is 23.9 Å². The van der Waals surface area contributed by atoms with Gasteiger partial charge in [-0.3, -0.25) is 5.10 Å². The molecule has 3 N–H and O–H groups in total. The predicted molar refractivity (Wildman–Crippen MR) is 120 cm³/mol. The number of nitrogens with two attached hydrogens (primary N) is 1. The van der Waals surface area contributed by atoms with Crippen LogP contribution in [0.25, 0.3) is 22.4 Å². The highest BCUT2D eigenvalue weighted by Gasteiger charge is 2.26. The molecule has 1 aromatic heterocycles. The van der Waals surface area contributed by atoms with Gasteiger partial charge in [-0.1, -0.05) is 48.0 Å². The highest BCUT2D eigenvalue weighted by molar-refractivity contribution is 5.92. The highest BCUT2D eigenvalue weighted by Crippen LogP contribution is 2.44. The summed E-state index contributed by atoms with van der Waals surface area (Å²) in [4.78, 5) is 4.58. The van der Waals surface area contributed by atoms with Gasteiger partial charge in [-0.2, -0.15) is 5.10 Å². The second-order valence-electron chi connectivity index (χ2n) is 7.54. The standard InChI is InChI=1S/C24H23N5/c1-16-7-6-8-18(13-16)23-22(24(25)27-26-23)17-11-12-20-21(14-17)28(2)15-29(20)19-9-4-3-5-10-19/h3-14H,15H2,1-2H3,(H3,25,26,27). The van der Waals surface area contributed by atoms with Gasteiger partial charge in [0.1, 0.15) is 11.5 Å². The molecule has 4 aromatic rings. The van der Waals surface area contributed by atoms with E-state index in [2.05, 4.69) is 94.6 Å². The number of H-pyrrole nitrogens is 1. The van der Waals surface area contributed by atoms with Crippen LogP contribution in [-0.2, 0) is 0 Å². The molecule has 0 saturated carbocycles. The van der Waals surface area contributed by atoms with Crippen LogP contribution in [0, 0.1) is 6.92 Å². The smallest absolute Gasteiger partial charge is 0.127 e. The van der Waals surface area contributed by atoms with E-state index in [-0.39, 0.29) is 0 Å². The Hall–Kier alpha value is -3.73. The number of nitrogens with one attached hydrogen (secondary N) is 1. The van der Waals surface area contributed by atoms with E-state index < -0.39 is 0 Å². The number of benzene rings is 3. The molecule has 0 spiro atoms. The zero-order valence-electron chi connectivity index (χ0n) is 16.6. The fourth-order valence-corrected chi connectivity index (χ4v) is 4.06.